The molecule has 0 saturated carbocycles. The Morgan fingerprint density at radius 1 is 0.517 bits per heavy atom. The van der Waals surface area contributed by atoms with E-state index in [1.54, 1.807) is 11.8 Å². The lowest BCUT2D eigenvalue weighted by Gasteiger charge is -2.06. The van der Waals surface area contributed by atoms with Gasteiger partial charge in [-0.25, -0.2) is 0 Å². The second-order valence-corrected chi connectivity index (χ2v) is 9.59. The van der Waals surface area contributed by atoms with Crippen molar-refractivity contribution in [2.24, 2.45) is 0 Å². The van der Waals surface area contributed by atoms with Crippen LogP contribution in [0.5, 0.6) is 0 Å². The van der Waals surface area contributed by atoms with Gasteiger partial charge in [0.15, 0.2) is 0 Å². The minimum Gasteiger partial charge on any atom is -0.264 e. The van der Waals surface area contributed by atoms with E-state index in [-0.39, 0.29) is 0 Å². The maximum atomic E-state index is 4.17. The van der Waals surface area contributed by atoms with Gasteiger partial charge in [-0.1, -0.05) is 23.9 Å². The van der Waals surface area contributed by atoms with E-state index < -0.39 is 0 Å². The predicted octanol–water partition coefficient (Wildman–Crippen LogP) is 7.21. The maximum Gasteiger partial charge on any atom is 0.0308 e. The van der Waals surface area contributed by atoms with Crippen LogP contribution in [0, 0.1) is 0 Å². The van der Waals surface area contributed by atoms with E-state index in [0.29, 0.717) is 0 Å². The molecule has 0 atom stereocenters. The van der Waals surface area contributed by atoms with Crippen LogP contribution >= 0.6 is 35.3 Å². The van der Waals surface area contributed by atoms with Gasteiger partial charge in [0, 0.05) is 55.9 Å². The van der Waals surface area contributed by atoms with Crippen LogP contribution in [0.25, 0.3) is 0 Å². The van der Waals surface area contributed by atoms with E-state index in [9.17, 15) is 0 Å². The Kier molecular flexibility index (Phi) is 7.29. The maximum absolute atomic E-state index is 4.17. The first-order valence-corrected chi connectivity index (χ1v) is 12.1. The third-order valence-electron chi connectivity index (χ3n) is 4.14. The summed E-state index contributed by atoms with van der Waals surface area (Å²) in [6, 6.07) is 25.8. The van der Waals surface area contributed by atoms with Gasteiger partial charge >= 0.3 is 0 Å². The molecule has 4 aromatic rings. The molecule has 0 fully saturated rings. The van der Waals surface area contributed by atoms with Crippen LogP contribution in [0.3, 0.4) is 0 Å². The Balaban J connectivity index is 1.28. The van der Waals surface area contributed by atoms with Crippen molar-refractivity contribution in [1.29, 1.82) is 0 Å². The van der Waals surface area contributed by atoms with Crippen molar-refractivity contribution in [3.05, 3.63) is 109 Å². The van der Waals surface area contributed by atoms with E-state index >= 15 is 0 Å². The Morgan fingerprint density at radius 2 is 0.931 bits per heavy atom. The molecule has 2 aromatic carbocycles. The molecule has 0 aliphatic rings. The normalized spacial score (nSPS) is 10.8. The Morgan fingerprint density at radius 3 is 1.31 bits per heavy atom. The van der Waals surface area contributed by atoms with Crippen LogP contribution in [0.4, 0.5) is 0 Å². The first-order chi connectivity index (χ1) is 14.3. The van der Waals surface area contributed by atoms with Crippen molar-refractivity contribution in [1.82, 2.24) is 9.97 Å². The number of aromatic nitrogens is 2. The molecule has 2 heterocycles. The molecule has 0 amide bonds. The van der Waals surface area contributed by atoms with Crippen molar-refractivity contribution in [3.8, 4) is 0 Å². The summed E-state index contributed by atoms with van der Waals surface area (Å²) in [7, 11) is 0. The second-order valence-electron chi connectivity index (χ2n) is 6.34. The fourth-order valence-corrected chi connectivity index (χ4v) is 5.13. The fraction of sp³-hybridized carbons (Fsp3) is 0.0833. The fourth-order valence-electron chi connectivity index (χ4n) is 2.64. The molecule has 144 valence electrons. The third-order valence-corrected chi connectivity index (χ3v) is 7.32. The number of hydrogen-bond acceptors (Lipinski definition) is 5. The highest BCUT2D eigenvalue weighted by Crippen LogP contribution is 2.32. The van der Waals surface area contributed by atoms with Crippen LogP contribution in [-0.4, -0.2) is 9.97 Å². The van der Waals surface area contributed by atoms with Crippen molar-refractivity contribution in [2.45, 2.75) is 31.1 Å². The van der Waals surface area contributed by atoms with E-state index in [1.807, 2.05) is 60.4 Å². The standard InChI is InChI=1S/C24H20N2S3/c1-3-19(15-25-13-1)17-27-21-5-9-23(10-6-21)29-24-11-7-22(8-12-24)28-18-20-4-2-14-26-16-20/h1-16H,17-18H2. The lowest BCUT2D eigenvalue weighted by molar-refractivity contribution is 1.24. The van der Waals surface area contributed by atoms with Gasteiger partial charge < -0.3 is 0 Å². The van der Waals surface area contributed by atoms with Crippen molar-refractivity contribution in [2.75, 3.05) is 0 Å². The molecular formula is C24H20N2S3. The average molecular weight is 433 g/mol. The minimum atomic E-state index is 0.943. The third kappa shape index (κ3) is 6.39. The number of nitrogens with zero attached hydrogens (tertiary/aromatic N) is 2. The second kappa shape index (κ2) is 10.5. The molecule has 2 nitrogen and oxygen atoms in total. The van der Waals surface area contributed by atoms with Gasteiger partial charge in [0.25, 0.3) is 0 Å². The quantitative estimate of drug-likeness (QED) is 0.274. The van der Waals surface area contributed by atoms with Gasteiger partial charge in [-0.15, -0.1) is 23.5 Å². The number of hydrogen-bond donors (Lipinski definition) is 0. The first kappa shape index (κ1) is 20.1. The summed E-state index contributed by atoms with van der Waals surface area (Å²) in [5.74, 6) is 1.89. The SMILES string of the molecule is c1cncc(CSc2ccc(Sc3ccc(SCc4cccnc4)cc3)cc2)c1. The predicted molar refractivity (Wildman–Crippen MR) is 125 cm³/mol. The number of thioether (sulfide) groups is 2. The summed E-state index contributed by atoms with van der Waals surface area (Å²) in [5, 5.41) is 0. The molecular weight excluding hydrogens is 412 g/mol. The molecule has 0 bridgehead atoms. The molecule has 0 aliphatic heterocycles. The molecule has 4 rings (SSSR count). The van der Waals surface area contributed by atoms with Gasteiger partial charge in [-0.3, -0.25) is 9.97 Å². The molecule has 29 heavy (non-hydrogen) atoms. The summed E-state index contributed by atoms with van der Waals surface area (Å²) in [5.41, 5.74) is 2.50. The topological polar surface area (TPSA) is 25.8 Å². The summed E-state index contributed by atoms with van der Waals surface area (Å²) in [6.45, 7) is 0. The van der Waals surface area contributed by atoms with Crippen LogP contribution in [-0.2, 0) is 11.5 Å². The summed E-state index contributed by atoms with van der Waals surface area (Å²) < 4.78 is 0. The first-order valence-electron chi connectivity index (χ1n) is 9.26. The van der Waals surface area contributed by atoms with Crippen molar-refractivity contribution in [3.63, 3.8) is 0 Å². The molecule has 5 heteroatoms. The van der Waals surface area contributed by atoms with Crippen LogP contribution < -0.4 is 0 Å². The number of pyridine rings is 2. The highest BCUT2D eigenvalue weighted by molar-refractivity contribution is 7.99. The molecule has 0 aliphatic carbocycles. The van der Waals surface area contributed by atoms with Gasteiger partial charge in [0.1, 0.15) is 0 Å². The summed E-state index contributed by atoms with van der Waals surface area (Å²) >= 11 is 5.47. The highest BCUT2D eigenvalue weighted by atomic mass is 32.2. The molecule has 0 saturated heterocycles. The van der Waals surface area contributed by atoms with Crippen LogP contribution in [0.15, 0.2) is 117 Å². The largest absolute Gasteiger partial charge is 0.264 e. The van der Waals surface area contributed by atoms with Gasteiger partial charge in [0.05, 0.1) is 0 Å². The van der Waals surface area contributed by atoms with E-state index in [0.717, 1.165) is 11.5 Å². The van der Waals surface area contributed by atoms with E-state index in [1.165, 1.54) is 30.7 Å². The monoisotopic (exact) mass is 432 g/mol. The molecule has 0 unspecified atom stereocenters. The lowest BCUT2D eigenvalue weighted by atomic mass is 10.3. The zero-order valence-corrected chi connectivity index (χ0v) is 18.2. The van der Waals surface area contributed by atoms with E-state index in [4.69, 9.17) is 0 Å². The molecule has 2 aromatic heterocycles. The Labute approximate surface area is 184 Å². The van der Waals surface area contributed by atoms with Crippen LogP contribution in [0.2, 0.25) is 0 Å². The number of benzene rings is 2. The molecule has 0 N–H and O–H groups in total. The summed E-state index contributed by atoms with van der Waals surface area (Å²) in [4.78, 5) is 13.4. The lowest BCUT2D eigenvalue weighted by Crippen LogP contribution is -1.82. The average Bonchev–Trinajstić information content (AvgIpc) is 2.80. The van der Waals surface area contributed by atoms with Crippen LogP contribution in [0.1, 0.15) is 11.1 Å². The van der Waals surface area contributed by atoms with Gasteiger partial charge in [-0.05, 0) is 71.8 Å². The zero-order valence-electron chi connectivity index (χ0n) is 15.8. The van der Waals surface area contributed by atoms with Crippen molar-refractivity contribution < 1.29 is 0 Å². The Hall–Kier alpha value is -2.21. The highest BCUT2D eigenvalue weighted by Gasteiger charge is 2.02. The Bertz CT molecular complexity index is 920. The van der Waals surface area contributed by atoms with Crippen molar-refractivity contribution >= 4 is 35.3 Å². The molecule has 0 spiro atoms. The smallest absolute Gasteiger partial charge is 0.0308 e. The van der Waals surface area contributed by atoms with E-state index in [2.05, 4.69) is 70.6 Å². The minimum absolute atomic E-state index is 0.943. The summed E-state index contributed by atoms with van der Waals surface area (Å²) in [6.07, 6.45) is 7.48. The number of rotatable bonds is 8. The zero-order chi connectivity index (χ0) is 19.7. The van der Waals surface area contributed by atoms with Gasteiger partial charge in [0.2, 0.25) is 0 Å². The van der Waals surface area contributed by atoms with Gasteiger partial charge in [-0.2, -0.15) is 0 Å². The molecule has 0 radical (unpaired) electrons.